The van der Waals surface area contributed by atoms with E-state index >= 15 is 0 Å². The Hall–Kier alpha value is -1.81. The highest BCUT2D eigenvalue weighted by Crippen LogP contribution is 2.18. The van der Waals surface area contributed by atoms with E-state index in [-0.39, 0.29) is 6.98 Å². The quantitative estimate of drug-likeness (QED) is 0.585. The van der Waals surface area contributed by atoms with Crippen LogP contribution in [0.1, 0.15) is 5.56 Å². The molecule has 0 saturated heterocycles. The van der Waals surface area contributed by atoms with E-state index < -0.39 is 0 Å². The van der Waals surface area contributed by atoms with Crippen LogP contribution in [0.4, 0.5) is 5.69 Å². The van der Waals surface area contributed by atoms with Crippen molar-refractivity contribution in [3.8, 4) is 0 Å². The first-order valence-electron chi connectivity index (χ1n) is 5.56. The van der Waals surface area contributed by atoms with Crippen LogP contribution >= 0.6 is 12.2 Å². The molecule has 82 valence electrons. The number of fused-ring (bicyclic) bond motifs is 1. The van der Waals surface area contributed by atoms with E-state index in [0.717, 1.165) is 16.2 Å². The molecule has 1 aliphatic rings. The van der Waals surface area contributed by atoms with E-state index in [1.54, 1.807) is 0 Å². The second kappa shape index (κ2) is 4.22. The van der Waals surface area contributed by atoms with Gasteiger partial charge in [0, 0.05) is 11.3 Å². The van der Waals surface area contributed by atoms with Gasteiger partial charge in [0.25, 0.3) is 0 Å². The van der Waals surface area contributed by atoms with Crippen LogP contribution in [0.25, 0.3) is 0 Å². The molecule has 0 aromatic heterocycles. The summed E-state index contributed by atoms with van der Waals surface area (Å²) in [4.78, 5) is 0.799. The Morgan fingerprint density at radius 3 is 2.35 bits per heavy atom. The molecule has 2 aromatic carbocycles. The van der Waals surface area contributed by atoms with Gasteiger partial charge in [-0.2, -0.15) is 0 Å². The molecule has 1 aliphatic heterocycles. The second-order valence-electron chi connectivity index (χ2n) is 4.01. The summed E-state index contributed by atoms with van der Waals surface area (Å²) in [6.45, 7) is 0.0543. The smallest absolute Gasteiger partial charge is 0.405 e. The standard InChI is InChI=1S/C13H11BN2S/c17-13-11-8-4-5-9-12(11)15-14(16-13)10-6-2-1-3-7-10/h1-9,15H,(H,16,17). The number of nitrogens with one attached hydrogen (secondary N) is 2. The number of para-hydroxylation sites is 1. The molecule has 0 amide bonds. The van der Waals surface area contributed by atoms with Crippen LogP contribution in [0.2, 0.25) is 0 Å². The Morgan fingerprint density at radius 1 is 0.824 bits per heavy atom. The molecule has 17 heavy (non-hydrogen) atoms. The van der Waals surface area contributed by atoms with E-state index in [9.17, 15) is 0 Å². The Bertz CT molecular complexity index is 556. The maximum atomic E-state index is 5.39. The lowest BCUT2D eigenvalue weighted by atomic mass is 9.66. The van der Waals surface area contributed by atoms with Gasteiger partial charge >= 0.3 is 6.98 Å². The van der Waals surface area contributed by atoms with Crippen molar-refractivity contribution in [3.63, 3.8) is 0 Å². The predicted molar refractivity (Wildman–Crippen MR) is 76.7 cm³/mol. The summed E-state index contributed by atoms with van der Waals surface area (Å²) in [6.07, 6.45) is 0. The fraction of sp³-hybridized carbons (Fsp3) is 0. The van der Waals surface area contributed by atoms with Gasteiger partial charge in [0.2, 0.25) is 0 Å². The van der Waals surface area contributed by atoms with E-state index in [1.165, 1.54) is 5.46 Å². The molecule has 3 rings (SSSR count). The van der Waals surface area contributed by atoms with Crippen molar-refractivity contribution in [2.75, 3.05) is 5.23 Å². The zero-order valence-electron chi connectivity index (χ0n) is 9.18. The highest BCUT2D eigenvalue weighted by Gasteiger charge is 2.26. The van der Waals surface area contributed by atoms with Crippen LogP contribution in [0, 0.1) is 0 Å². The highest BCUT2D eigenvalue weighted by atomic mass is 32.1. The molecule has 0 radical (unpaired) electrons. The molecule has 0 fully saturated rings. The first-order valence-corrected chi connectivity index (χ1v) is 5.97. The van der Waals surface area contributed by atoms with Crippen molar-refractivity contribution < 1.29 is 0 Å². The summed E-state index contributed by atoms with van der Waals surface area (Å²) in [6, 6.07) is 18.3. The highest BCUT2D eigenvalue weighted by molar-refractivity contribution is 7.81. The molecule has 0 unspecified atom stereocenters. The molecular weight excluding hydrogens is 227 g/mol. The van der Waals surface area contributed by atoms with Crippen molar-refractivity contribution in [1.82, 2.24) is 5.23 Å². The van der Waals surface area contributed by atoms with Crippen molar-refractivity contribution in [2.45, 2.75) is 0 Å². The average molecular weight is 238 g/mol. The second-order valence-corrected chi connectivity index (χ2v) is 4.42. The normalized spacial score (nSPS) is 13.6. The van der Waals surface area contributed by atoms with Gasteiger partial charge in [-0.1, -0.05) is 60.7 Å². The molecule has 0 spiro atoms. The van der Waals surface area contributed by atoms with Gasteiger partial charge in [-0.25, -0.2) is 0 Å². The van der Waals surface area contributed by atoms with Gasteiger partial charge in [-0.3, -0.25) is 0 Å². The van der Waals surface area contributed by atoms with E-state index in [1.807, 2.05) is 36.4 Å². The van der Waals surface area contributed by atoms with Crippen LogP contribution < -0.4 is 15.9 Å². The fourth-order valence-electron chi connectivity index (χ4n) is 2.02. The Kier molecular flexibility index (Phi) is 2.57. The maximum Gasteiger partial charge on any atom is 0.406 e. The molecule has 0 atom stereocenters. The number of hydrogen-bond donors (Lipinski definition) is 2. The van der Waals surface area contributed by atoms with Crippen LogP contribution in [-0.4, -0.2) is 12.0 Å². The maximum absolute atomic E-state index is 5.39. The first kappa shape index (κ1) is 10.4. The number of hydrogen-bond acceptors (Lipinski definition) is 2. The van der Waals surface area contributed by atoms with Crippen LogP contribution in [0.15, 0.2) is 54.6 Å². The molecule has 1 heterocycles. The molecular formula is C13H11BN2S. The van der Waals surface area contributed by atoms with Gasteiger partial charge in [-0.15, -0.1) is 0 Å². The molecule has 2 aromatic rings. The summed E-state index contributed by atoms with van der Waals surface area (Å²) in [7, 11) is 0. The largest absolute Gasteiger partial charge is 0.406 e. The van der Waals surface area contributed by atoms with Crippen molar-refractivity contribution >= 4 is 35.3 Å². The SMILES string of the molecule is S=C1NB(c2ccccc2)Nc2ccccc21. The summed E-state index contributed by atoms with van der Waals surface area (Å²) in [5.74, 6) is 0. The van der Waals surface area contributed by atoms with Crippen LogP contribution in [0.3, 0.4) is 0 Å². The lowest BCUT2D eigenvalue weighted by Crippen LogP contribution is -2.56. The Morgan fingerprint density at radius 2 is 1.53 bits per heavy atom. The van der Waals surface area contributed by atoms with E-state index in [0.29, 0.717) is 0 Å². The van der Waals surface area contributed by atoms with E-state index in [2.05, 4.69) is 28.7 Å². The van der Waals surface area contributed by atoms with Gasteiger partial charge < -0.3 is 10.5 Å². The fourth-order valence-corrected chi connectivity index (χ4v) is 2.32. The zero-order chi connectivity index (χ0) is 11.7. The van der Waals surface area contributed by atoms with Crippen molar-refractivity contribution in [2.24, 2.45) is 0 Å². The topological polar surface area (TPSA) is 24.1 Å². The monoisotopic (exact) mass is 238 g/mol. The average Bonchev–Trinajstić information content (AvgIpc) is 2.40. The van der Waals surface area contributed by atoms with Gasteiger partial charge in [0.1, 0.15) is 0 Å². The van der Waals surface area contributed by atoms with Crippen LogP contribution in [0.5, 0.6) is 0 Å². The predicted octanol–water partition coefficient (Wildman–Crippen LogP) is 1.77. The molecule has 2 nitrogen and oxygen atoms in total. The number of benzene rings is 2. The minimum Gasteiger partial charge on any atom is -0.405 e. The van der Waals surface area contributed by atoms with Crippen LogP contribution in [-0.2, 0) is 0 Å². The lowest BCUT2D eigenvalue weighted by molar-refractivity contribution is 1.38. The minimum atomic E-state index is 0.0543. The zero-order valence-corrected chi connectivity index (χ0v) is 10.00. The molecule has 0 saturated carbocycles. The third-order valence-electron chi connectivity index (χ3n) is 2.88. The number of anilines is 1. The summed E-state index contributed by atoms with van der Waals surface area (Å²) >= 11 is 5.39. The minimum absolute atomic E-state index is 0.0543. The molecule has 4 heteroatoms. The third kappa shape index (κ3) is 1.92. The molecule has 2 N–H and O–H groups in total. The summed E-state index contributed by atoms with van der Waals surface area (Å²) < 4.78 is 0. The third-order valence-corrected chi connectivity index (χ3v) is 3.22. The van der Waals surface area contributed by atoms with Gasteiger partial charge in [-0.05, 0) is 11.5 Å². The van der Waals surface area contributed by atoms with E-state index in [4.69, 9.17) is 12.2 Å². The van der Waals surface area contributed by atoms with Crippen molar-refractivity contribution in [3.05, 3.63) is 60.2 Å². The Labute approximate surface area is 106 Å². The summed E-state index contributed by atoms with van der Waals surface area (Å²) in [5, 5.41) is 6.75. The lowest BCUT2D eigenvalue weighted by Gasteiger charge is -2.26. The van der Waals surface area contributed by atoms with Crippen molar-refractivity contribution in [1.29, 1.82) is 0 Å². The Balaban J connectivity index is 1.97. The molecule has 0 aliphatic carbocycles. The number of rotatable bonds is 1. The van der Waals surface area contributed by atoms with Gasteiger partial charge in [0.05, 0.1) is 4.99 Å². The first-order chi connectivity index (χ1) is 8.34. The summed E-state index contributed by atoms with van der Waals surface area (Å²) in [5.41, 5.74) is 3.34. The molecule has 0 bridgehead atoms. The van der Waals surface area contributed by atoms with Gasteiger partial charge in [0.15, 0.2) is 0 Å². The number of thiocarbonyl (C=S) groups is 1.